The highest BCUT2D eigenvalue weighted by Crippen LogP contribution is 2.26. The summed E-state index contributed by atoms with van der Waals surface area (Å²) in [6, 6.07) is 0. The summed E-state index contributed by atoms with van der Waals surface area (Å²) in [4.78, 5) is 19.2. The number of carbonyl (C=O) groups is 1. The molecule has 2 fully saturated rings. The third kappa shape index (κ3) is 3.32. The molecule has 0 saturated carbocycles. The summed E-state index contributed by atoms with van der Waals surface area (Å²) in [5.74, 6) is 2.07. The van der Waals surface area contributed by atoms with Crippen molar-refractivity contribution in [1.29, 1.82) is 0 Å². The van der Waals surface area contributed by atoms with Gasteiger partial charge in [-0.1, -0.05) is 5.16 Å². The molecule has 0 spiro atoms. The van der Waals surface area contributed by atoms with Crippen LogP contribution >= 0.6 is 0 Å². The number of nitrogens with zero attached hydrogens (tertiary/aromatic N) is 3. The first kappa shape index (κ1) is 15.5. The second-order valence-corrected chi connectivity index (χ2v) is 6.91. The summed E-state index contributed by atoms with van der Waals surface area (Å²) >= 11 is 0. The largest absolute Gasteiger partial charge is 0.341 e. The lowest BCUT2D eigenvalue weighted by Gasteiger charge is -2.41. The smallest absolute Gasteiger partial charge is 0.242 e. The van der Waals surface area contributed by atoms with Gasteiger partial charge >= 0.3 is 0 Å². The zero-order chi connectivity index (χ0) is 15.6. The van der Waals surface area contributed by atoms with Crippen LogP contribution in [0.2, 0.25) is 0 Å². The van der Waals surface area contributed by atoms with Gasteiger partial charge in [-0.3, -0.25) is 4.79 Å². The topological polar surface area (TPSA) is 71.3 Å². The first-order chi connectivity index (χ1) is 10.6. The highest BCUT2D eigenvalue weighted by Gasteiger charge is 2.39. The lowest BCUT2D eigenvalue weighted by atomic mass is 9.87. The van der Waals surface area contributed by atoms with E-state index in [4.69, 9.17) is 4.52 Å². The number of rotatable bonds is 3. The lowest BCUT2D eigenvalue weighted by Crippen LogP contribution is -2.59. The van der Waals surface area contributed by atoms with Crippen LogP contribution in [0.3, 0.4) is 0 Å². The Morgan fingerprint density at radius 3 is 3.00 bits per heavy atom. The van der Waals surface area contributed by atoms with Crippen molar-refractivity contribution in [3.05, 3.63) is 11.7 Å². The van der Waals surface area contributed by atoms with Gasteiger partial charge in [0.2, 0.25) is 11.8 Å². The maximum atomic E-state index is 12.9. The molecule has 3 heterocycles. The predicted molar refractivity (Wildman–Crippen MR) is 82.3 cm³/mol. The van der Waals surface area contributed by atoms with Crippen molar-refractivity contribution in [2.45, 2.75) is 57.9 Å². The molecule has 3 rings (SSSR count). The van der Waals surface area contributed by atoms with Crippen molar-refractivity contribution >= 4 is 5.91 Å². The number of likely N-dealkylation sites (tertiary alicyclic amines) is 1. The van der Waals surface area contributed by atoms with Crippen LogP contribution in [0.5, 0.6) is 0 Å². The van der Waals surface area contributed by atoms with E-state index in [-0.39, 0.29) is 11.4 Å². The summed E-state index contributed by atoms with van der Waals surface area (Å²) in [6.07, 6.45) is 6.23. The van der Waals surface area contributed by atoms with Crippen molar-refractivity contribution in [3.8, 4) is 0 Å². The van der Waals surface area contributed by atoms with Gasteiger partial charge in [0.25, 0.3) is 0 Å². The van der Waals surface area contributed by atoms with Gasteiger partial charge in [0.1, 0.15) is 0 Å². The van der Waals surface area contributed by atoms with E-state index < -0.39 is 0 Å². The molecule has 2 saturated heterocycles. The minimum absolute atomic E-state index is 0.265. The fraction of sp³-hybridized carbons (Fsp3) is 0.812. The standard InChI is InChI=1S/C16H26N4O2/c1-12-18-14(19-22-12)10-13-6-5-9-20(11-13)15(21)16(2)7-3-4-8-17-16/h13,17H,3-11H2,1-2H3. The van der Waals surface area contributed by atoms with E-state index in [1.165, 1.54) is 6.42 Å². The van der Waals surface area contributed by atoms with Crippen LogP contribution in [0.1, 0.15) is 50.7 Å². The number of nitrogens with one attached hydrogen (secondary N) is 1. The molecule has 0 bridgehead atoms. The molecule has 2 atom stereocenters. The number of piperidine rings is 2. The summed E-state index contributed by atoms with van der Waals surface area (Å²) in [5, 5.41) is 7.41. The highest BCUT2D eigenvalue weighted by molar-refractivity contribution is 5.86. The normalized spacial score (nSPS) is 29.5. The first-order valence-corrected chi connectivity index (χ1v) is 8.40. The van der Waals surface area contributed by atoms with Gasteiger partial charge in [-0.05, 0) is 51.5 Å². The number of amides is 1. The van der Waals surface area contributed by atoms with Crippen LogP contribution in [-0.4, -0.2) is 46.1 Å². The molecule has 6 heteroatoms. The van der Waals surface area contributed by atoms with Crippen molar-refractivity contribution in [2.24, 2.45) is 5.92 Å². The van der Waals surface area contributed by atoms with E-state index in [0.29, 0.717) is 11.8 Å². The maximum absolute atomic E-state index is 12.9. The Morgan fingerprint density at radius 2 is 2.32 bits per heavy atom. The third-order valence-corrected chi connectivity index (χ3v) is 4.94. The molecular weight excluding hydrogens is 280 g/mol. The Morgan fingerprint density at radius 1 is 1.45 bits per heavy atom. The molecule has 6 nitrogen and oxygen atoms in total. The van der Waals surface area contributed by atoms with E-state index >= 15 is 0 Å². The fourth-order valence-corrected chi connectivity index (χ4v) is 3.69. The molecule has 2 aliphatic heterocycles. The zero-order valence-electron chi connectivity index (χ0n) is 13.6. The molecule has 0 radical (unpaired) electrons. The summed E-state index contributed by atoms with van der Waals surface area (Å²) < 4.78 is 5.04. The Hall–Kier alpha value is -1.43. The van der Waals surface area contributed by atoms with Gasteiger partial charge < -0.3 is 14.7 Å². The van der Waals surface area contributed by atoms with Gasteiger partial charge in [-0.2, -0.15) is 4.98 Å². The number of aromatic nitrogens is 2. The van der Waals surface area contributed by atoms with E-state index in [1.54, 1.807) is 0 Å². The first-order valence-electron chi connectivity index (χ1n) is 8.40. The number of carbonyl (C=O) groups excluding carboxylic acids is 1. The van der Waals surface area contributed by atoms with Crippen LogP contribution in [0.4, 0.5) is 0 Å². The molecule has 2 aliphatic rings. The molecule has 2 unspecified atom stereocenters. The van der Waals surface area contributed by atoms with Gasteiger partial charge in [-0.25, -0.2) is 0 Å². The van der Waals surface area contributed by atoms with Crippen LogP contribution in [0, 0.1) is 12.8 Å². The Balaban J connectivity index is 1.61. The van der Waals surface area contributed by atoms with Crippen molar-refractivity contribution in [3.63, 3.8) is 0 Å². The number of hydrogen-bond donors (Lipinski definition) is 1. The Labute approximate surface area is 131 Å². The Kier molecular flexibility index (Phi) is 4.47. The minimum Gasteiger partial charge on any atom is -0.341 e. The van der Waals surface area contributed by atoms with Crippen LogP contribution in [-0.2, 0) is 11.2 Å². The van der Waals surface area contributed by atoms with Crippen LogP contribution in [0.25, 0.3) is 0 Å². The summed E-state index contributed by atoms with van der Waals surface area (Å²) in [6.45, 7) is 6.49. The van der Waals surface area contributed by atoms with Crippen LogP contribution < -0.4 is 5.32 Å². The van der Waals surface area contributed by atoms with E-state index in [9.17, 15) is 4.79 Å². The van der Waals surface area contributed by atoms with E-state index in [0.717, 1.165) is 57.6 Å². The van der Waals surface area contributed by atoms with Crippen molar-refractivity contribution in [1.82, 2.24) is 20.4 Å². The molecule has 1 amide bonds. The quantitative estimate of drug-likeness (QED) is 0.920. The highest BCUT2D eigenvalue weighted by atomic mass is 16.5. The zero-order valence-corrected chi connectivity index (χ0v) is 13.6. The predicted octanol–water partition coefficient (Wildman–Crippen LogP) is 1.69. The van der Waals surface area contributed by atoms with E-state index in [1.807, 2.05) is 11.8 Å². The number of aryl methyl sites for hydroxylation is 1. The molecular formula is C16H26N4O2. The van der Waals surface area contributed by atoms with Gasteiger partial charge in [0.15, 0.2) is 5.82 Å². The van der Waals surface area contributed by atoms with Gasteiger partial charge in [-0.15, -0.1) is 0 Å². The molecule has 1 N–H and O–H groups in total. The summed E-state index contributed by atoms with van der Waals surface area (Å²) in [5.41, 5.74) is -0.372. The average molecular weight is 306 g/mol. The van der Waals surface area contributed by atoms with Gasteiger partial charge in [0.05, 0.1) is 5.54 Å². The maximum Gasteiger partial charge on any atom is 0.242 e. The molecule has 1 aromatic rings. The summed E-state index contributed by atoms with van der Waals surface area (Å²) in [7, 11) is 0. The third-order valence-electron chi connectivity index (χ3n) is 4.94. The second-order valence-electron chi connectivity index (χ2n) is 6.91. The average Bonchev–Trinajstić information content (AvgIpc) is 2.92. The fourth-order valence-electron chi connectivity index (χ4n) is 3.69. The lowest BCUT2D eigenvalue weighted by molar-refractivity contribution is -0.140. The molecule has 0 aliphatic carbocycles. The molecule has 22 heavy (non-hydrogen) atoms. The van der Waals surface area contributed by atoms with Crippen molar-refractivity contribution < 1.29 is 9.32 Å². The molecule has 122 valence electrons. The Bertz CT molecular complexity index is 522. The number of hydrogen-bond acceptors (Lipinski definition) is 5. The molecule has 1 aromatic heterocycles. The SMILES string of the molecule is Cc1nc(CC2CCCN(C(=O)C3(C)CCCCN3)C2)no1. The van der Waals surface area contributed by atoms with Crippen molar-refractivity contribution in [2.75, 3.05) is 19.6 Å². The van der Waals surface area contributed by atoms with Gasteiger partial charge in [0, 0.05) is 26.4 Å². The monoisotopic (exact) mass is 306 g/mol. The molecule has 0 aromatic carbocycles. The van der Waals surface area contributed by atoms with Crippen LogP contribution in [0.15, 0.2) is 4.52 Å². The second kappa shape index (κ2) is 6.36. The minimum atomic E-state index is -0.372. The van der Waals surface area contributed by atoms with E-state index in [2.05, 4.69) is 22.4 Å².